The number of carbonyl (C=O) groups is 5. The number of carboxylic acids is 1. The minimum absolute atomic E-state index is 0.0304. The van der Waals surface area contributed by atoms with Crippen molar-refractivity contribution in [2.75, 3.05) is 6.54 Å². The van der Waals surface area contributed by atoms with Crippen LogP contribution in [0.1, 0.15) is 36.9 Å². The number of hydrogen-bond donors (Lipinski definition) is 8. The Morgan fingerprint density at radius 2 is 1.54 bits per heavy atom. The smallest absolute Gasteiger partial charge is 0.326 e. The Labute approximate surface area is 225 Å². The van der Waals surface area contributed by atoms with Gasteiger partial charge < -0.3 is 43.2 Å². The van der Waals surface area contributed by atoms with E-state index in [-0.39, 0.29) is 19.3 Å². The topological polar surface area (TPSA) is 248 Å². The molecule has 4 amide bonds. The summed E-state index contributed by atoms with van der Waals surface area (Å²) in [6, 6.07) is 4.17. The summed E-state index contributed by atoms with van der Waals surface area (Å²) < 4.78 is 0. The second-order valence-corrected chi connectivity index (χ2v) is 9.05. The van der Waals surface area contributed by atoms with Gasteiger partial charge in [-0.1, -0.05) is 30.3 Å². The first-order valence-electron chi connectivity index (χ1n) is 12.5. The molecule has 0 fully saturated rings. The summed E-state index contributed by atoms with van der Waals surface area (Å²) in [7, 11) is 0. The van der Waals surface area contributed by atoms with Crippen LogP contribution in [0.2, 0.25) is 0 Å². The van der Waals surface area contributed by atoms with Gasteiger partial charge in [-0.3, -0.25) is 19.2 Å². The van der Waals surface area contributed by atoms with Crippen LogP contribution in [0.4, 0.5) is 0 Å². The maximum absolute atomic E-state index is 13.2. The number of aliphatic carboxylic acids is 1. The fourth-order valence-corrected chi connectivity index (χ4v) is 3.77. The molecule has 0 saturated carbocycles. The molecule has 0 radical (unpaired) electrons. The van der Waals surface area contributed by atoms with Gasteiger partial charge >= 0.3 is 5.97 Å². The Morgan fingerprint density at radius 1 is 0.897 bits per heavy atom. The first-order valence-corrected chi connectivity index (χ1v) is 12.5. The van der Waals surface area contributed by atoms with E-state index in [1.54, 1.807) is 0 Å². The average molecular weight is 545 g/mol. The Hall–Kier alpha value is -4.30. The average Bonchev–Trinajstić information content (AvgIpc) is 3.40. The number of hydrogen-bond acceptors (Lipinski definition) is 8. The molecule has 14 nitrogen and oxygen atoms in total. The lowest BCUT2D eigenvalue weighted by Gasteiger charge is -2.24. The largest absolute Gasteiger partial charge is 0.480 e. The fourth-order valence-electron chi connectivity index (χ4n) is 3.77. The van der Waals surface area contributed by atoms with Crippen molar-refractivity contribution in [2.24, 2.45) is 17.2 Å². The number of carboxylic acid groups (broad SMARTS) is 1. The number of nitrogens with zero attached hydrogens (tertiary/aromatic N) is 1. The predicted octanol–water partition coefficient (Wildman–Crippen LogP) is -1.93. The van der Waals surface area contributed by atoms with Crippen LogP contribution in [0.15, 0.2) is 42.9 Å². The third kappa shape index (κ3) is 10.9. The van der Waals surface area contributed by atoms with E-state index in [1.807, 2.05) is 30.3 Å². The zero-order chi connectivity index (χ0) is 28.8. The monoisotopic (exact) mass is 544 g/mol. The SMILES string of the molecule is NCCCCC(NC(=O)C(CC(N)=O)NC(=O)C(Cc1cnc[nH]1)NC(=O)C(N)Cc1ccccc1)C(=O)O. The van der Waals surface area contributed by atoms with Crippen LogP contribution >= 0.6 is 0 Å². The lowest BCUT2D eigenvalue weighted by molar-refractivity contribution is -0.142. The van der Waals surface area contributed by atoms with Crippen molar-refractivity contribution in [1.29, 1.82) is 0 Å². The number of imidazole rings is 1. The van der Waals surface area contributed by atoms with Gasteiger partial charge in [-0.05, 0) is 37.8 Å². The highest BCUT2D eigenvalue weighted by Gasteiger charge is 2.31. The van der Waals surface area contributed by atoms with E-state index in [4.69, 9.17) is 17.2 Å². The van der Waals surface area contributed by atoms with Gasteiger partial charge in [-0.2, -0.15) is 0 Å². The molecule has 0 aliphatic heterocycles. The van der Waals surface area contributed by atoms with Crippen LogP contribution in [0, 0.1) is 0 Å². The number of nitrogens with one attached hydrogen (secondary N) is 4. The van der Waals surface area contributed by atoms with Crippen LogP contribution in [-0.2, 0) is 36.8 Å². The van der Waals surface area contributed by atoms with Crippen molar-refractivity contribution < 1.29 is 29.1 Å². The van der Waals surface area contributed by atoms with Gasteiger partial charge in [0.05, 0.1) is 18.8 Å². The lowest BCUT2D eigenvalue weighted by atomic mass is 10.0. The standard InChI is InChI=1S/C25H36N8O6/c26-9-5-4-8-18(25(38)39)31-24(37)20(12-21(28)34)33-23(36)19(11-16-13-29-14-30-16)32-22(35)17(27)10-15-6-2-1-3-7-15/h1-3,6-7,13-14,17-20H,4-5,8-12,26-27H2,(H2,28,34)(H,29,30)(H,31,37)(H,32,35)(H,33,36)(H,38,39). The van der Waals surface area contributed by atoms with E-state index < -0.39 is 60.2 Å². The summed E-state index contributed by atoms with van der Waals surface area (Å²) in [6.45, 7) is 0.360. The molecule has 11 N–H and O–H groups in total. The minimum atomic E-state index is -1.48. The van der Waals surface area contributed by atoms with Crippen molar-refractivity contribution in [1.82, 2.24) is 25.9 Å². The highest BCUT2D eigenvalue weighted by atomic mass is 16.4. The predicted molar refractivity (Wildman–Crippen MR) is 141 cm³/mol. The van der Waals surface area contributed by atoms with Crippen LogP contribution in [-0.4, -0.2) is 75.4 Å². The number of primary amides is 1. The Kier molecular flexibility index (Phi) is 12.6. The number of unbranched alkanes of at least 4 members (excludes halogenated alkanes) is 1. The molecule has 14 heteroatoms. The van der Waals surface area contributed by atoms with E-state index in [0.29, 0.717) is 25.1 Å². The van der Waals surface area contributed by atoms with Gasteiger partial charge in [0.15, 0.2) is 0 Å². The zero-order valence-corrected chi connectivity index (χ0v) is 21.5. The summed E-state index contributed by atoms with van der Waals surface area (Å²) in [5, 5.41) is 16.8. The number of H-pyrrole nitrogens is 1. The number of amides is 4. The number of nitrogens with two attached hydrogens (primary N) is 3. The number of aromatic nitrogens is 2. The molecular formula is C25H36N8O6. The zero-order valence-electron chi connectivity index (χ0n) is 21.5. The molecule has 0 aliphatic rings. The summed E-state index contributed by atoms with van der Waals surface area (Å²) in [4.78, 5) is 69.0. The molecular weight excluding hydrogens is 508 g/mol. The van der Waals surface area contributed by atoms with Gasteiger partial charge in [-0.25, -0.2) is 9.78 Å². The maximum Gasteiger partial charge on any atom is 0.326 e. The molecule has 39 heavy (non-hydrogen) atoms. The molecule has 4 unspecified atom stereocenters. The molecule has 1 aromatic carbocycles. The van der Waals surface area contributed by atoms with Gasteiger partial charge in [-0.15, -0.1) is 0 Å². The maximum atomic E-state index is 13.2. The van der Waals surface area contributed by atoms with E-state index in [1.165, 1.54) is 12.5 Å². The molecule has 0 bridgehead atoms. The third-order valence-corrected chi connectivity index (χ3v) is 5.85. The molecule has 0 saturated heterocycles. The number of aromatic amines is 1. The summed E-state index contributed by atoms with van der Waals surface area (Å²) in [5.74, 6) is -4.50. The summed E-state index contributed by atoms with van der Waals surface area (Å²) >= 11 is 0. The Bertz CT molecular complexity index is 1100. The Balaban J connectivity index is 2.15. The second-order valence-electron chi connectivity index (χ2n) is 9.05. The van der Waals surface area contributed by atoms with Crippen molar-refractivity contribution >= 4 is 29.6 Å². The number of benzene rings is 1. The molecule has 212 valence electrons. The van der Waals surface area contributed by atoms with E-state index in [2.05, 4.69) is 25.9 Å². The van der Waals surface area contributed by atoms with Crippen LogP contribution in [0.3, 0.4) is 0 Å². The number of rotatable bonds is 17. The quantitative estimate of drug-likeness (QED) is 0.103. The van der Waals surface area contributed by atoms with Gasteiger partial charge in [0.1, 0.15) is 18.1 Å². The van der Waals surface area contributed by atoms with Gasteiger partial charge in [0, 0.05) is 18.3 Å². The summed E-state index contributed by atoms with van der Waals surface area (Å²) in [6.07, 6.45) is 3.56. The van der Waals surface area contributed by atoms with Crippen LogP contribution < -0.4 is 33.2 Å². The van der Waals surface area contributed by atoms with Crippen molar-refractivity contribution in [3.05, 3.63) is 54.1 Å². The van der Waals surface area contributed by atoms with Crippen LogP contribution in [0.25, 0.3) is 0 Å². The van der Waals surface area contributed by atoms with Crippen LogP contribution in [0.5, 0.6) is 0 Å². The fraction of sp³-hybridized carbons (Fsp3) is 0.440. The van der Waals surface area contributed by atoms with Crippen molar-refractivity contribution in [2.45, 2.75) is 62.7 Å². The minimum Gasteiger partial charge on any atom is -0.480 e. The van der Waals surface area contributed by atoms with Crippen molar-refractivity contribution in [3.63, 3.8) is 0 Å². The van der Waals surface area contributed by atoms with E-state index in [0.717, 1.165) is 5.56 Å². The highest BCUT2D eigenvalue weighted by Crippen LogP contribution is 2.06. The molecule has 1 heterocycles. The molecule has 2 rings (SSSR count). The van der Waals surface area contributed by atoms with Crippen molar-refractivity contribution in [3.8, 4) is 0 Å². The Morgan fingerprint density at radius 3 is 2.13 bits per heavy atom. The first kappa shape index (κ1) is 30.9. The molecule has 0 spiro atoms. The molecule has 0 aliphatic carbocycles. The van der Waals surface area contributed by atoms with E-state index in [9.17, 15) is 29.1 Å². The van der Waals surface area contributed by atoms with Gasteiger partial charge in [0.2, 0.25) is 23.6 Å². The highest BCUT2D eigenvalue weighted by molar-refractivity contribution is 5.96. The molecule has 4 atom stereocenters. The lowest BCUT2D eigenvalue weighted by Crippen LogP contribution is -2.58. The normalized spacial score (nSPS) is 13.9. The van der Waals surface area contributed by atoms with E-state index >= 15 is 0 Å². The second kappa shape index (κ2) is 15.8. The third-order valence-electron chi connectivity index (χ3n) is 5.85. The molecule has 2 aromatic rings. The number of carbonyl (C=O) groups excluding carboxylic acids is 4. The summed E-state index contributed by atoms with van der Waals surface area (Å²) in [5.41, 5.74) is 18.1. The first-order chi connectivity index (χ1) is 18.6. The molecule has 1 aromatic heterocycles. The van der Waals surface area contributed by atoms with Gasteiger partial charge in [0.25, 0.3) is 0 Å².